The number of carbonyl (C=O) groups excluding carboxylic acids is 3. The Labute approximate surface area is 203 Å². The van der Waals surface area contributed by atoms with E-state index in [-0.39, 0.29) is 12.2 Å². The number of phenols is 1. The highest BCUT2D eigenvalue weighted by Gasteiger charge is 2.33. The topological polar surface area (TPSA) is 208 Å². The van der Waals surface area contributed by atoms with Crippen LogP contribution in [-0.2, 0) is 30.4 Å². The summed E-state index contributed by atoms with van der Waals surface area (Å²) in [6.45, 7) is 6.61. The molecule has 12 heteroatoms. The van der Waals surface area contributed by atoms with Crippen LogP contribution < -0.4 is 21.7 Å². The highest BCUT2D eigenvalue weighted by atomic mass is 16.4. The van der Waals surface area contributed by atoms with Gasteiger partial charge in [-0.1, -0.05) is 39.8 Å². The first-order valence-corrected chi connectivity index (χ1v) is 11.1. The third-order valence-electron chi connectivity index (χ3n) is 5.22. The zero-order chi connectivity index (χ0) is 26.9. The summed E-state index contributed by atoms with van der Waals surface area (Å²) in [4.78, 5) is 60.6. The molecule has 12 nitrogen and oxygen atoms in total. The number of amides is 3. The van der Waals surface area contributed by atoms with Gasteiger partial charge in [0.25, 0.3) is 0 Å². The van der Waals surface area contributed by atoms with E-state index in [0.29, 0.717) is 5.56 Å². The summed E-state index contributed by atoms with van der Waals surface area (Å²) >= 11 is 0. The van der Waals surface area contributed by atoms with Crippen molar-refractivity contribution in [1.82, 2.24) is 16.0 Å². The Kier molecular flexibility index (Phi) is 11.1. The Bertz CT molecular complexity index is 917. The molecule has 0 radical (unpaired) electrons. The van der Waals surface area contributed by atoms with Gasteiger partial charge in [0, 0.05) is 6.42 Å². The number of rotatable bonds is 13. The smallest absolute Gasteiger partial charge is 0.326 e. The predicted molar refractivity (Wildman–Crippen MR) is 125 cm³/mol. The van der Waals surface area contributed by atoms with Gasteiger partial charge in [0.2, 0.25) is 17.7 Å². The Morgan fingerprint density at radius 1 is 0.800 bits per heavy atom. The number of hydrogen-bond donors (Lipinski definition) is 7. The van der Waals surface area contributed by atoms with Crippen molar-refractivity contribution < 1.29 is 39.3 Å². The molecule has 0 spiro atoms. The first kappa shape index (κ1) is 29.4. The van der Waals surface area contributed by atoms with Crippen molar-refractivity contribution in [3.63, 3.8) is 0 Å². The lowest BCUT2D eigenvalue weighted by atomic mass is 9.98. The molecule has 1 rings (SSSR count). The second kappa shape index (κ2) is 13.3. The van der Waals surface area contributed by atoms with E-state index >= 15 is 0 Å². The first-order valence-electron chi connectivity index (χ1n) is 11.1. The number of nitrogens with one attached hydrogen (secondary N) is 3. The van der Waals surface area contributed by atoms with Gasteiger partial charge in [-0.25, -0.2) is 4.79 Å². The van der Waals surface area contributed by atoms with Crippen LogP contribution in [0.4, 0.5) is 0 Å². The monoisotopic (exact) mass is 494 g/mol. The Balaban J connectivity index is 2.94. The molecule has 0 aliphatic carbocycles. The lowest BCUT2D eigenvalue weighted by Gasteiger charge is -2.28. The minimum atomic E-state index is -1.36. The van der Waals surface area contributed by atoms with E-state index in [1.54, 1.807) is 27.7 Å². The highest BCUT2D eigenvalue weighted by Crippen LogP contribution is 2.12. The SMILES string of the molecule is CC(C)C(NC(=O)C(N)CC(=O)O)C(=O)NC(C(=O)NC(Cc1ccc(O)cc1)C(=O)O)C(C)C. The van der Waals surface area contributed by atoms with E-state index < -0.39 is 72.1 Å². The van der Waals surface area contributed by atoms with Crippen molar-refractivity contribution in [1.29, 1.82) is 0 Å². The fourth-order valence-corrected chi connectivity index (χ4v) is 3.18. The van der Waals surface area contributed by atoms with Gasteiger partial charge in [-0.05, 0) is 29.5 Å². The molecule has 1 aromatic rings. The summed E-state index contributed by atoms with van der Waals surface area (Å²) in [5, 5.41) is 35.1. The van der Waals surface area contributed by atoms with Gasteiger partial charge in [0.05, 0.1) is 12.5 Å². The second-order valence-electron chi connectivity index (χ2n) is 8.93. The fraction of sp³-hybridized carbons (Fsp3) is 0.522. The molecular formula is C23H34N4O8. The second-order valence-corrected chi connectivity index (χ2v) is 8.93. The van der Waals surface area contributed by atoms with Gasteiger partial charge in [0.15, 0.2) is 0 Å². The Morgan fingerprint density at radius 2 is 1.26 bits per heavy atom. The van der Waals surface area contributed by atoms with Crippen molar-refractivity contribution in [2.75, 3.05) is 0 Å². The van der Waals surface area contributed by atoms with Crippen molar-refractivity contribution in [2.24, 2.45) is 17.6 Å². The molecule has 0 aromatic heterocycles. The molecule has 1 aromatic carbocycles. The lowest BCUT2D eigenvalue weighted by molar-refractivity contribution is -0.142. The number of carboxylic acid groups (broad SMARTS) is 2. The van der Waals surface area contributed by atoms with Gasteiger partial charge in [-0.3, -0.25) is 19.2 Å². The fourth-order valence-electron chi connectivity index (χ4n) is 3.18. The normalized spacial score (nSPS) is 14.5. The van der Waals surface area contributed by atoms with Crippen LogP contribution in [0.1, 0.15) is 39.7 Å². The first-order chi connectivity index (χ1) is 16.2. The molecule has 4 unspecified atom stereocenters. The van der Waals surface area contributed by atoms with Gasteiger partial charge < -0.3 is 37.0 Å². The van der Waals surface area contributed by atoms with Crippen molar-refractivity contribution in [3.8, 4) is 5.75 Å². The van der Waals surface area contributed by atoms with E-state index in [0.717, 1.165) is 0 Å². The molecular weight excluding hydrogens is 460 g/mol. The summed E-state index contributed by atoms with van der Waals surface area (Å²) in [5.74, 6) is -5.64. The number of carboxylic acids is 2. The van der Waals surface area contributed by atoms with Crippen LogP contribution >= 0.6 is 0 Å². The van der Waals surface area contributed by atoms with Crippen LogP contribution in [0.3, 0.4) is 0 Å². The molecule has 3 amide bonds. The quantitative estimate of drug-likeness (QED) is 0.190. The summed E-state index contributed by atoms with van der Waals surface area (Å²) in [5.41, 5.74) is 6.13. The van der Waals surface area contributed by atoms with Crippen molar-refractivity contribution >= 4 is 29.7 Å². The van der Waals surface area contributed by atoms with E-state index in [2.05, 4.69) is 16.0 Å². The summed E-state index contributed by atoms with van der Waals surface area (Å²) < 4.78 is 0. The molecule has 35 heavy (non-hydrogen) atoms. The minimum Gasteiger partial charge on any atom is -0.508 e. The number of nitrogens with two attached hydrogens (primary N) is 1. The van der Waals surface area contributed by atoms with E-state index in [4.69, 9.17) is 10.8 Å². The van der Waals surface area contributed by atoms with Crippen LogP contribution in [0.5, 0.6) is 5.75 Å². The Hall–Kier alpha value is -3.67. The third-order valence-corrected chi connectivity index (χ3v) is 5.22. The number of benzene rings is 1. The van der Waals surface area contributed by atoms with E-state index in [9.17, 15) is 34.2 Å². The summed E-state index contributed by atoms with van der Waals surface area (Å²) in [6.07, 6.45) is -0.668. The van der Waals surface area contributed by atoms with E-state index in [1.807, 2.05) is 0 Å². The van der Waals surface area contributed by atoms with Gasteiger partial charge in [-0.15, -0.1) is 0 Å². The maximum absolute atomic E-state index is 12.9. The maximum Gasteiger partial charge on any atom is 0.326 e. The van der Waals surface area contributed by atoms with Crippen molar-refractivity contribution in [2.45, 2.75) is 64.7 Å². The molecule has 0 aliphatic rings. The van der Waals surface area contributed by atoms with Gasteiger partial charge >= 0.3 is 11.9 Å². The van der Waals surface area contributed by atoms with Gasteiger partial charge in [0.1, 0.15) is 23.9 Å². The van der Waals surface area contributed by atoms with Crippen LogP contribution in [0.25, 0.3) is 0 Å². The van der Waals surface area contributed by atoms with E-state index in [1.165, 1.54) is 24.3 Å². The third kappa shape index (κ3) is 9.61. The highest BCUT2D eigenvalue weighted by molar-refractivity contribution is 5.95. The van der Waals surface area contributed by atoms with Gasteiger partial charge in [-0.2, -0.15) is 0 Å². The molecule has 0 bridgehead atoms. The number of carbonyl (C=O) groups is 5. The molecule has 0 saturated heterocycles. The van der Waals surface area contributed by atoms with Crippen LogP contribution in [0, 0.1) is 11.8 Å². The standard InChI is InChI=1S/C23H34N4O8/c1-11(2)18(21(32)25-16(23(34)35)9-13-5-7-14(28)8-6-13)27-22(33)19(12(3)4)26-20(31)15(24)10-17(29)30/h5-8,11-12,15-16,18-19,28H,9-10,24H2,1-4H3,(H,25,32)(H,26,31)(H,27,33)(H,29,30)(H,34,35). The van der Waals surface area contributed by atoms with Crippen LogP contribution in [0.15, 0.2) is 24.3 Å². The zero-order valence-electron chi connectivity index (χ0n) is 20.1. The molecule has 194 valence electrons. The molecule has 0 saturated carbocycles. The van der Waals surface area contributed by atoms with Crippen molar-refractivity contribution in [3.05, 3.63) is 29.8 Å². The Morgan fingerprint density at radius 3 is 1.69 bits per heavy atom. The van der Waals surface area contributed by atoms with Crippen LogP contribution in [-0.4, -0.2) is 69.1 Å². The number of hydrogen-bond acceptors (Lipinski definition) is 7. The molecule has 8 N–H and O–H groups in total. The molecule has 0 heterocycles. The largest absolute Gasteiger partial charge is 0.508 e. The lowest BCUT2D eigenvalue weighted by Crippen LogP contribution is -2.59. The average molecular weight is 495 g/mol. The molecule has 0 aliphatic heterocycles. The predicted octanol–water partition coefficient (Wildman–Crippen LogP) is -0.412. The maximum atomic E-state index is 12.9. The minimum absolute atomic E-state index is 0.0166. The van der Waals surface area contributed by atoms with Crippen LogP contribution in [0.2, 0.25) is 0 Å². The zero-order valence-corrected chi connectivity index (χ0v) is 20.1. The average Bonchev–Trinajstić information content (AvgIpc) is 2.75. The molecule has 0 fully saturated rings. The summed E-state index contributed by atoms with van der Waals surface area (Å²) in [6, 6.07) is 0.987. The number of phenolic OH excluding ortho intramolecular Hbond substituents is 1. The number of aromatic hydroxyl groups is 1. The molecule has 4 atom stereocenters. The summed E-state index contributed by atoms with van der Waals surface area (Å²) in [7, 11) is 0. The number of aliphatic carboxylic acids is 2.